The normalized spacial score (nSPS) is 23.5. The summed E-state index contributed by atoms with van der Waals surface area (Å²) in [5.41, 5.74) is 2.34. The van der Waals surface area contributed by atoms with Crippen LogP contribution in [0.3, 0.4) is 0 Å². The predicted molar refractivity (Wildman–Crippen MR) is 84.4 cm³/mol. The topological polar surface area (TPSA) is 63.2 Å². The van der Waals surface area contributed by atoms with Gasteiger partial charge in [-0.2, -0.15) is 0 Å². The van der Waals surface area contributed by atoms with Crippen LogP contribution >= 0.6 is 11.8 Å². The lowest BCUT2D eigenvalue weighted by Crippen LogP contribution is -2.36. The van der Waals surface area contributed by atoms with Crippen LogP contribution in [0.5, 0.6) is 0 Å². The second kappa shape index (κ2) is 6.01. The van der Waals surface area contributed by atoms with Crippen LogP contribution in [-0.2, 0) is 27.5 Å². The Labute approximate surface area is 129 Å². The van der Waals surface area contributed by atoms with E-state index >= 15 is 0 Å². The number of carbonyl (C=O) groups excluding carboxylic acids is 1. The lowest BCUT2D eigenvalue weighted by molar-refractivity contribution is -0.120. The highest BCUT2D eigenvalue weighted by Crippen LogP contribution is 2.30. The van der Waals surface area contributed by atoms with Crippen molar-refractivity contribution in [1.29, 1.82) is 0 Å². The largest absolute Gasteiger partial charge is 0.352 e. The van der Waals surface area contributed by atoms with Crippen LogP contribution in [0.15, 0.2) is 23.1 Å². The van der Waals surface area contributed by atoms with E-state index in [1.54, 1.807) is 0 Å². The number of fused-ring (bicyclic) bond motifs is 1. The smallest absolute Gasteiger partial charge is 0.224 e. The first kappa shape index (κ1) is 14.9. The van der Waals surface area contributed by atoms with Crippen molar-refractivity contribution >= 4 is 27.5 Å². The van der Waals surface area contributed by atoms with Gasteiger partial charge in [-0.15, -0.1) is 11.8 Å². The first-order chi connectivity index (χ1) is 10.0. The summed E-state index contributed by atoms with van der Waals surface area (Å²) in [5.74, 6) is 1.36. The number of hydrogen-bond acceptors (Lipinski definition) is 4. The minimum absolute atomic E-state index is 0.0829. The molecule has 1 atom stereocenters. The molecule has 1 fully saturated rings. The summed E-state index contributed by atoms with van der Waals surface area (Å²) in [4.78, 5) is 13.4. The molecule has 0 aromatic heterocycles. The van der Waals surface area contributed by atoms with Gasteiger partial charge >= 0.3 is 0 Å². The Morgan fingerprint density at radius 3 is 3.00 bits per heavy atom. The Morgan fingerprint density at radius 1 is 1.38 bits per heavy atom. The molecular weight excluding hydrogens is 306 g/mol. The summed E-state index contributed by atoms with van der Waals surface area (Å²) in [5, 5.41) is 2.84. The molecule has 21 heavy (non-hydrogen) atoms. The molecule has 0 saturated carbocycles. The summed E-state index contributed by atoms with van der Waals surface area (Å²) < 4.78 is 22.8. The van der Waals surface area contributed by atoms with Gasteiger partial charge < -0.3 is 5.32 Å². The minimum Gasteiger partial charge on any atom is -0.352 e. The highest BCUT2D eigenvalue weighted by Gasteiger charge is 2.28. The molecule has 1 saturated heterocycles. The Kier molecular flexibility index (Phi) is 4.26. The molecule has 1 N–H and O–H groups in total. The number of benzene rings is 1. The first-order valence-electron chi connectivity index (χ1n) is 7.26. The van der Waals surface area contributed by atoms with Gasteiger partial charge in [-0.05, 0) is 42.2 Å². The molecule has 0 spiro atoms. The van der Waals surface area contributed by atoms with Crippen LogP contribution in [0.25, 0.3) is 0 Å². The van der Waals surface area contributed by atoms with Gasteiger partial charge in [0.25, 0.3) is 0 Å². The Bertz CT molecular complexity index is 655. The molecule has 1 aromatic rings. The molecule has 114 valence electrons. The number of amides is 1. The van der Waals surface area contributed by atoms with Gasteiger partial charge in [0.1, 0.15) is 0 Å². The van der Waals surface area contributed by atoms with E-state index in [2.05, 4.69) is 17.4 Å². The van der Waals surface area contributed by atoms with Crippen LogP contribution < -0.4 is 5.32 Å². The third-order valence-corrected chi connectivity index (χ3v) is 6.91. The second-order valence-corrected chi connectivity index (χ2v) is 9.10. The van der Waals surface area contributed by atoms with Crippen LogP contribution in [0.1, 0.15) is 24.0 Å². The van der Waals surface area contributed by atoms with Crippen molar-refractivity contribution in [2.75, 3.05) is 17.3 Å². The molecule has 4 nitrogen and oxygen atoms in total. The number of aryl methyl sites for hydroxylation is 1. The number of nitrogens with one attached hydrogen (secondary N) is 1. The van der Waals surface area contributed by atoms with E-state index in [0.29, 0.717) is 12.8 Å². The Hall–Kier alpha value is -1.01. The monoisotopic (exact) mass is 325 g/mol. The fourth-order valence-corrected chi connectivity index (χ4v) is 5.59. The fourth-order valence-electron chi connectivity index (χ4n) is 2.90. The fraction of sp³-hybridized carbons (Fsp3) is 0.533. The molecule has 2 aliphatic rings. The van der Waals surface area contributed by atoms with E-state index in [-0.39, 0.29) is 23.5 Å². The summed E-state index contributed by atoms with van der Waals surface area (Å²) in [6.45, 7) is 0. The van der Waals surface area contributed by atoms with Gasteiger partial charge in [-0.1, -0.05) is 12.1 Å². The lowest BCUT2D eigenvalue weighted by atomic mass is 10.0. The maximum absolute atomic E-state index is 12.0. The van der Waals surface area contributed by atoms with Crippen molar-refractivity contribution in [3.8, 4) is 0 Å². The van der Waals surface area contributed by atoms with Crippen LogP contribution in [0, 0.1) is 0 Å². The second-order valence-electron chi connectivity index (χ2n) is 5.74. The number of sulfone groups is 1. The quantitative estimate of drug-likeness (QED) is 0.916. The third-order valence-electron chi connectivity index (χ3n) is 3.94. The van der Waals surface area contributed by atoms with Gasteiger partial charge in [-0.3, -0.25) is 4.79 Å². The number of carbonyl (C=O) groups is 1. The summed E-state index contributed by atoms with van der Waals surface area (Å²) in [7, 11) is -2.94. The highest BCUT2D eigenvalue weighted by atomic mass is 32.2. The first-order valence-corrected chi connectivity index (χ1v) is 10.1. The highest BCUT2D eigenvalue weighted by molar-refractivity contribution is 7.99. The van der Waals surface area contributed by atoms with Gasteiger partial charge in [0.15, 0.2) is 9.84 Å². The van der Waals surface area contributed by atoms with Crippen LogP contribution in [-0.4, -0.2) is 37.6 Å². The zero-order valence-electron chi connectivity index (χ0n) is 11.8. The maximum atomic E-state index is 12.0. The van der Waals surface area contributed by atoms with Crippen molar-refractivity contribution in [3.05, 3.63) is 29.3 Å². The molecule has 0 radical (unpaired) electrons. The van der Waals surface area contributed by atoms with E-state index in [4.69, 9.17) is 0 Å². The average molecular weight is 325 g/mol. The molecule has 1 aromatic carbocycles. The number of hydrogen-bond donors (Lipinski definition) is 1. The van der Waals surface area contributed by atoms with E-state index in [1.807, 2.05) is 17.8 Å². The van der Waals surface area contributed by atoms with Crippen molar-refractivity contribution in [2.24, 2.45) is 0 Å². The molecule has 3 rings (SSSR count). The SMILES string of the molecule is O=C(Cc1ccc2c(c1)CCCS2)NC1CCS(=O)(=O)C1. The van der Waals surface area contributed by atoms with E-state index in [1.165, 1.54) is 22.6 Å². The molecule has 2 aliphatic heterocycles. The van der Waals surface area contributed by atoms with Crippen molar-refractivity contribution in [2.45, 2.75) is 36.6 Å². The van der Waals surface area contributed by atoms with Crippen molar-refractivity contribution < 1.29 is 13.2 Å². The van der Waals surface area contributed by atoms with Crippen molar-refractivity contribution in [1.82, 2.24) is 5.32 Å². The van der Waals surface area contributed by atoms with Gasteiger partial charge in [0.05, 0.1) is 17.9 Å². The molecule has 1 amide bonds. The number of rotatable bonds is 3. The van der Waals surface area contributed by atoms with Gasteiger partial charge in [-0.25, -0.2) is 8.42 Å². The number of thioether (sulfide) groups is 1. The van der Waals surface area contributed by atoms with Gasteiger partial charge in [0, 0.05) is 10.9 Å². The summed E-state index contributed by atoms with van der Waals surface area (Å²) in [6, 6.07) is 6.01. The van der Waals surface area contributed by atoms with Gasteiger partial charge in [0.2, 0.25) is 5.91 Å². The molecular formula is C15H19NO3S2. The minimum atomic E-state index is -2.94. The average Bonchev–Trinajstić information content (AvgIpc) is 2.77. The zero-order chi connectivity index (χ0) is 14.9. The van der Waals surface area contributed by atoms with E-state index in [9.17, 15) is 13.2 Å². The van der Waals surface area contributed by atoms with E-state index < -0.39 is 9.84 Å². The van der Waals surface area contributed by atoms with Crippen LogP contribution in [0.4, 0.5) is 0 Å². The molecule has 0 aliphatic carbocycles. The van der Waals surface area contributed by atoms with Crippen LogP contribution in [0.2, 0.25) is 0 Å². The third kappa shape index (κ3) is 3.80. The molecule has 6 heteroatoms. The standard InChI is InChI=1S/C15H19NO3S2/c17-15(16-13-5-7-21(18,19)10-13)9-11-3-4-14-12(8-11)2-1-6-20-14/h3-4,8,13H,1-2,5-7,9-10H2,(H,16,17). The maximum Gasteiger partial charge on any atom is 0.224 e. The molecule has 1 unspecified atom stereocenters. The molecule has 0 bridgehead atoms. The summed E-state index contributed by atoms with van der Waals surface area (Å²) in [6.07, 6.45) is 3.13. The lowest BCUT2D eigenvalue weighted by Gasteiger charge is -2.16. The Balaban J connectivity index is 1.60. The summed E-state index contributed by atoms with van der Waals surface area (Å²) >= 11 is 1.87. The van der Waals surface area contributed by atoms with E-state index in [0.717, 1.165) is 12.0 Å². The molecule has 2 heterocycles. The Morgan fingerprint density at radius 2 is 2.24 bits per heavy atom. The predicted octanol–water partition coefficient (Wildman–Crippen LogP) is 1.57. The zero-order valence-corrected chi connectivity index (χ0v) is 13.4. The van der Waals surface area contributed by atoms with Crippen molar-refractivity contribution in [3.63, 3.8) is 0 Å².